The molecule has 2 aromatic rings. The lowest BCUT2D eigenvalue weighted by Crippen LogP contribution is -2.13. The molecule has 1 unspecified atom stereocenters. The van der Waals surface area contributed by atoms with E-state index in [4.69, 9.17) is 5.21 Å². The van der Waals surface area contributed by atoms with Crippen molar-refractivity contribution < 1.29 is 5.21 Å². The lowest BCUT2D eigenvalue weighted by atomic mass is 10.1. The second kappa shape index (κ2) is 8.96. The topological polar surface area (TPSA) is 50.1 Å². The Kier molecular flexibility index (Phi) is 6.41. The fourth-order valence-corrected chi connectivity index (χ4v) is 3.44. The van der Waals surface area contributed by atoms with E-state index in [0.717, 1.165) is 17.0 Å². The predicted octanol–water partition coefficient (Wildman–Crippen LogP) is 4.03. The van der Waals surface area contributed by atoms with Crippen LogP contribution >= 0.6 is 8.58 Å². The van der Waals surface area contributed by atoms with Gasteiger partial charge in [0, 0.05) is 30.4 Å². The molecular formula is C21H24N3OP. The van der Waals surface area contributed by atoms with Crippen LogP contribution in [0.1, 0.15) is 29.8 Å². The third-order valence-electron chi connectivity index (χ3n) is 4.22. The van der Waals surface area contributed by atoms with Crippen molar-refractivity contribution in [3.63, 3.8) is 0 Å². The molecule has 1 heterocycles. The van der Waals surface area contributed by atoms with Gasteiger partial charge in [-0.1, -0.05) is 39.1 Å². The van der Waals surface area contributed by atoms with Crippen LogP contribution in [0.2, 0.25) is 0 Å². The molecule has 1 fully saturated rings. The Morgan fingerprint density at radius 2 is 2.19 bits per heavy atom. The monoisotopic (exact) mass is 365 g/mol. The number of nitrogens with zero attached hydrogens (tertiary/aromatic N) is 2. The van der Waals surface area contributed by atoms with Crippen LogP contribution in [0, 0.1) is 17.8 Å². The molecule has 1 atom stereocenters. The second-order valence-corrected chi connectivity index (χ2v) is 7.43. The van der Waals surface area contributed by atoms with Crippen molar-refractivity contribution in [3.05, 3.63) is 71.8 Å². The highest BCUT2D eigenvalue weighted by Crippen LogP contribution is 2.32. The molecule has 0 radical (unpaired) electrons. The van der Waals surface area contributed by atoms with Gasteiger partial charge in [-0.05, 0) is 54.2 Å². The smallest absolute Gasteiger partial charge is 0.125 e. The first-order valence-electron chi connectivity index (χ1n) is 8.75. The maximum Gasteiger partial charge on any atom is 0.125 e. The van der Waals surface area contributed by atoms with E-state index in [1.54, 1.807) is 6.20 Å². The minimum atomic E-state index is 0.315. The van der Waals surface area contributed by atoms with Gasteiger partial charge < -0.3 is 9.77 Å². The summed E-state index contributed by atoms with van der Waals surface area (Å²) in [6.45, 7) is 7.33. The van der Waals surface area contributed by atoms with Crippen LogP contribution in [0.15, 0.2) is 54.9 Å². The SMILES string of the molecule is C=C(/C=C(\PC)c1ccc(C#CC2CC2)cc1)Cn1ccnc1CNO. The Labute approximate surface area is 156 Å². The zero-order valence-electron chi connectivity index (χ0n) is 15.0. The van der Waals surface area contributed by atoms with Gasteiger partial charge in [-0.25, -0.2) is 4.98 Å². The van der Waals surface area contributed by atoms with E-state index in [0.29, 0.717) is 27.6 Å². The van der Waals surface area contributed by atoms with Crippen molar-refractivity contribution in [3.8, 4) is 11.8 Å². The summed E-state index contributed by atoms with van der Waals surface area (Å²) in [6.07, 6.45) is 8.29. The third-order valence-corrected chi connectivity index (χ3v) is 5.20. The summed E-state index contributed by atoms with van der Waals surface area (Å²) < 4.78 is 1.98. The number of aromatic nitrogens is 2. The van der Waals surface area contributed by atoms with Crippen molar-refractivity contribution >= 4 is 13.9 Å². The molecule has 1 saturated carbocycles. The number of rotatable bonds is 7. The Morgan fingerprint density at radius 1 is 1.42 bits per heavy atom. The van der Waals surface area contributed by atoms with Gasteiger partial charge in [-0.3, -0.25) is 0 Å². The summed E-state index contributed by atoms with van der Waals surface area (Å²) in [7, 11) is 0.676. The lowest BCUT2D eigenvalue weighted by molar-refractivity contribution is 0.157. The summed E-state index contributed by atoms with van der Waals surface area (Å²) in [4.78, 5) is 4.23. The van der Waals surface area contributed by atoms with E-state index in [-0.39, 0.29) is 0 Å². The van der Waals surface area contributed by atoms with Gasteiger partial charge >= 0.3 is 0 Å². The Balaban J connectivity index is 1.69. The first-order chi connectivity index (χ1) is 12.7. The number of hydroxylamine groups is 1. The van der Waals surface area contributed by atoms with E-state index < -0.39 is 0 Å². The van der Waals surface area contributed by atoms with Gasteiger partial charge in [-0.15, -0.1) is 0 Å². The molecule has 0 spiro atoms. The first kappa shape index (κ1) is 18.6. The van der Waals surface area contributed by atoms with Crippen molar-refractivity contribution in [1.29, 1.82) is 0 Å². The highest BCUT2D eigenvalue weighted by atomic mass is 31.1. The quantitative estimate of drug-likeness (QED) is 0.337. The summed E-state index contributed by atoms with van der Waals surface area (Å²) >= 11 is 0. The van der Waals surface area contributed by atoms with Gasteiger partial charge in [0.1, 0.15) is 5.82 Å². The van der Waals surface area contributed by atoms with Crippen molar-refractivity contribution in [1.82, 2.24) is 15.0 Å². The molecule has 2 N–H and O–H groups in total. The molecule has 0 bridgehead atoms. The van der Waals surface area contributed by atoms with E-state index in [9.17, 15) is 0 Å². The zero-order chi connectivity index (χ0) is 18.4. The van der Waals surface area contributed by atoms with Gasteiger partial charge in [0.15, 0.2) is 0 Å². The molecule has 1 aliphatic carbocycles. The van der Waals surface area contributed by atoms with Crippen LogP contribution in [0.4, 0.5) is 0 Å². The maximum absolute atomic E-state index is 8.88. The van der Waals surface area contributed by atoms with Crippen LogP contribution in [0.5, 0.6) is 0 Å². The number of hydrogen-bond acceptors (Lipinski definition) is 3. The largest absolute Gasteiger partial charge is 0.329 e. The van der Waals surface area contributed by atoms with Crippen LogP contribution in [-0.2, 0) is 13.1 Å². The van der Waals surface area contributed by atoms with Crippen LogP contribution in [0.3, 0.4) is 0 Å². The first-order valence-corrected chi connectivity index (χ1v) is 10.3. The van der Waals surface area contributed by atoms with E-state index in [1.807, 2.05) is 10.8 Å². The summed E-state index contributed by atoms with van der Waals surface area (Å²) in [5.41, 5.74) is 5.45. The minimum absolute atomic E-state index is 0.315. The molecule has 4 nitrogen and oxygen atoms in total. The molecule has 1 aliphatic rings. The summed E-state index contributed by atoms with van der Waals surface area (Å²) in [6, 6.07) is 8.49. The van der Waals surface area contributed by atoms with Gasteiger partial charge in [-0.2, -0.15) is 5.48 Å². The number of allylic oxidation sites excluding steroid dienone is 2. The van der Waals surface area contributed by atoms with Crippen LogP contribution in [0.25, 0.3) is 5.31 Å². The normalized spacial score (nSPS) is 14.5. The van der Waals surface area contributed by atoms with E-state index in [2.05, 4.69) is 65.9 Å². The number of benzene rings is 1. The van der Waals surface area contributed by atoms with Gasteiger partial charge in [0.25, 0.3) is 0 Å². The Bertz CT molecular complexity index is 851. The number of nitrogens with one attached hydrogen (secondary N) is 1. The van der Waals surface area contributed by atoms with Crippen molar-refractivity contribution in [2.24, 2.45) is 5.92 Å². The molecule has 0 amide bonds. The maximum atomic E-state index is 8.88. The fourth-order valence-electron chi connectivity index (χ4n) is 2.64. The third kappa shape index (κ3) is 5.16. The van der Waals surface area contributed by atoms with E-state index >= 15 is 0 Å². The second-order valence-electron chi connectivity index (χ2n) is 6.39. The highest BCUT2D eigenvalue weighted by molar-refractivity contribution is 7.49. The molecule has 1 aromatic heterocycles. The van der Waals surface area contributed by atoms with Crippen molar-refractivity contribution in [2.75, 3.05) is 6.66 Å². The fraction of sp³-hybridized carbons (Fsp3) is 0.286. The number of hydrogen-bond donors (Lipinski definition) is 2. The zero-order valence-corrected chi connectivity index (χ0v) is 16.0. The van der Waals surface area contributed by atoms with Crippen molar-refractivity contribution in [2.45, 2.75) is 25.9 Å². The molecule has 0 aliphatic heterocycles. The van der Waals surface area contributed by atoms with Crippen LogP contribution in [-0.4, -0.2) is 21.4 Å². The molecule has 26 heavy (non-hydrogen) atoms. The van der Waals surface area contributed by atoms with Gasteiger partial charge in [0.05, 0.1) is 6.54 Å². The van der Waals surface area contributed by atoms with Gasteiger partial charge in [0.2, 0.25) is 0 Å². The Hall–Kier alpha value is -2.18. The lowest BCUT2D eigenvalue weighted by Gasteiger charge is -2.10. The average Bonchev–Trinajstić information content (AvgIpc) is 3.39. The minimum Gasteiger partial charge on any atom is -0.329 e. The summed E-state index contributed by atoms with van der Waals surface area (Å²) in [5.74, 6) is 7.96. The number of imidazole rings is 1. The Morgan fingerprint density at radius 3 is 2.85 bits per heavy atom. The molecular weight excluding hydrogens is 341 g/mol. The highest BCUT2D eigenvalue weighted by Gasteiger charge is 2.17. The molecule has 5 heteroatoms. The van der Waals surface area contributed by atoms with E-state index in [1.165, 1.54) is 23.7 Å². The molecule has 1 aromatic carbocycles. The molecule has 0 saturated heterocycles. The molecule has 134 valence electrons. The molecule has 3 rings (SSSR count). The predicted molar refractivity (Wildman–Crippen MR) is 108 cm³/mol. The summed E-state index contributed by atoms with van der Waals surface area (Å²) in [5, 5.41) is 10.2. The standard InChI is InChI=1S/C21H24N3OP/c1-16(15-24-12-11-22-21(24)14-23-25)13-20(26-2)19-9-7-18(8-10-19)6-5-17-3-4-17/h7-13,17,23,25-26H,1,3-4,14-15H2,2H3/b20-13-. The average molecular weight is 365 g/mol. The van der Waals surface area contributed by atoms with Crippen LogP contribution < -0.4 is 5.48 Å².